The fourth-order valence-electron chi connectivity index (χ4n) is 2.29. The van der Waals surface area contributed by atoms with Crippen LogP contribution in [0.5, 0.6) is 0 Å². The summed E-state index contributed by atoms with van der Waals surface area (Å²) in [7, 11) is 0. The molecule has 0 spiro atoms. The van der Waals surface area contributed by atoms with Gasteiger partial charge >= 0.3 is 5.69 Å². The minimum atomic E-state index is -2.32. The molecule has 112 valence electrons. The van der Waals surface area contributed by atoms with Crippen molar-refractivity contribution in [1.29, 1.82) is 0 Å². The van der Waals surface area contributed by atoms with E-state index in [4.69, 9.17) is 9.84 Å². The van der Waals surface area contributed by atoms with Crippen LogP contribution in [0.1, 0.15) is 25.6 Å². The molecule has 1 fully saturated rings. The Morgan fingerprint density at radius 3 is 2.60 bits per heavy atom. The maximum atomic E-state index is 14.9. The number of aliphatic hydroxyl groups excluding tert-OH is 1. The molecule has 0 bridgehead atoms. The molecule has 1 aromatic heterocycles. The number of hydrogen-bond donors (Lipinski definition) is 3. The van der Waals surface area contributed by atoms with E-state index in [-0.39, 0.29) is 5.56 Å². The first-order valence-electron chi connectivity index (χ1n) is 6.12. The standard InChI is InChI=1S/C12H17FN2O5/c1-6-4-15(10(18)14-8(6)17)9-11(2,13)12(3,19)7(5-16)20-9/h4,7,9,16,19H,5H2,1-3H3,(H,14,17,18)/t7-,9-,11+,12-/m1/s1. The van der Waals surface area contributed by atoms with Gasteiger partial charge in [-0.2, -0.15) is 0 Å². The molecule has 0 aliphatic carbocycles. The van der Waals surface area contributed by atoms with Gasteiger partial charge in [0.25, 0.3) is 5.56 Å². The van der Waals surface area contributed by atoms with E-state index in [2.05, 4.69) is 0 Å². The number of alkyl halides is 1. The van der Waals surface area contributed by atoms with Gasteiger partial charge in [-0.05, 0) is 20.8 Å². The number of ether oxygens (including phenoxy) is 1. The van der Waals surface area contributed by atoms with Gasteiger partial charge in [0.05, 0.1) is 6.61 Å². The smallest absolute Gasteiger partial charge is 0.330 e. The summed E-state index contributed by atoms with van der Waals surface area (Å²) in [6.07, 6.45) is -1.46. The second-order valence-corrected chi connectivity index (χ2v) is 5.36. The molecule has 1 aliphatic heterocycles. The van der Waals surface area contributed by atoms with Crippen molar-refractivity contribution in [2.24, 2.45) is 0 Å². The lowest BCUT2D eigenvalue weighted by atomic mass is 9.85. The Labute approximate surface area is 113 Å². The van der Waals surface area contributed by atoms with E-state index < -0.39 is 41.5 Å². The molecule has 0 aromatic carbocycles. The molecular weight excluding hydrogens is 271 g/mol. The molecule has 1 aliphatic rings. The van der Waals surface area contributed by atoms with Gasteiger partial charge in [-0.1, -0.05) is 0 Å². The van der Waals surface area contributed by atoms with Gasteiger partial charge < -0.3 is 14.9 Å². The summed E-state index contributed by atoms with van der Waals surface area (Å²) in [6.45, 7) is 3.14. The summed E-state index contributed by atoms with van der Waals surface area (Å²) in [5.41, 5.74) is -5.51. The van der Waals surface area contributed by atoms with Gasteiger partial charge in [0.1, 0.15) is 11.7 Å². The highest BCUT2D eigenvalue weighted by molar-refractivity contribution is 5.11. The predicted molar refractivity (Wildman–Crippen MR) is 67.2 cm³/mol. The molecule has 0 unspecified atom stereocenters. The topological polar surface area (TPSA) is 105 Å². The zero-order chi connectivity index (χ0) is 15.3. The van der Waals surface area contributed by atoms with Crippen LogP contribution < -0.4 is 11.2 Å². The van der Waals surface area contributed by atoms with Crippen LogP contribution in [0.4, 0.5) is 4.39 Å². The zero-order valence-corrected chi connectivity index (χ0v) is 11.4. The van der Waals surface area contributed by atoms with Crippen molar-refractivity contribution in [3.8, 4) is 0 Å². The molecule has 8 heteroatoms. The van der Waals surface area contributed by atoms with Gasteiger partial charge in [-0.3, -0.25) is 14.3 Å². The van der Waals surface area contributed by atoms with Crippen molar-refractivity contribution in [2.45, 2.75) is 44.4 Å². The molecule has 4 atom stereocenters. The predicted octanol–water partition coefficient (Wildman–Crippen LogP) is -0.786. The number of aromatic amines is 1. The number of aromatic nitrogens is 2. The van der Waals surface area contributed by atoms with Crippen LogP contribution in [0.15, 0.2) is 15.8 Å². The van der Waals surface area contributed by atoms with Gasteiger partial charge in [-0.25, -0.2) is 9.18 Å². The van der Waals surface area contributed by atoms with E-state index in [1.807, 2.05) is 4.98 Å². The number of halogens is 1. The van der Waals surface area contributed by atoms with Crippen molar-refractivity contribution in [3.05, 3.63) is 32.6 Å². The minimum absolute atomic E-state index is 0.205. The number of hydrogen-bond acceptors (Lipinski definition) is 5. The summed E-state index contributed by atoms with van der Waals surface area (Å²) in [5, 5.41) is 19.4. The van der Waals surface area contributed by atoms with Crippen LogP contribution >= 0.6 is 0 Å². The molecule has 7 nitrogen and oxygen atoms in total. The summed E-state index contributed by atoms with van der Waals surface area (Å²) >= 11 is 0. The molecule has 0 amide bonds. The molecule has 20 heavy (non-hydrogen) atoms. The van der Waals surface area contributed by atoms with Gasteiger partial charge in [0.2, 0.25) is 0 Å². The van der Waals surface area contributed by atoms with Crippen LogP contribution in [-0.4, -0.2) is 43.7 Å². The number of nitrogens with zero attached hydrogens (tertiary/aromatic N) is 1. The molecule has 1 aromatic rings. The second kappa shape index (κ2) is 4.51. The Kier molecular flexibility index (Phi) is 3.35. The largest absolute Gasteiger partial charge is 0.394 e. The quantitative estimate of drug-likeness (QED) is 0.662. The van der Waals surface area contributed by atoms with E-state index in [1.54, 1.807) is 0 Å². The van der Waals surface area contributed by atoms with E-state index in [0.29, 0.717) is 0 Å². The normalized spacial score (nSPS) is 37.3. The molecule has 1 saturated heterocycles. The van der Waals surface area contributed by atoms with Crippen molar-refractivity contribution in [2.75, 3.05) is 6.61 Å². The van der Waals surface area contributed by atoms with Crippen LogP contribution in [-0.2, 0) is 4.74 Å². The molecule has 2 heterocycles. The third-order valence-electron chi connectivity index (χ3n) is 3.94. The third-order valence-corrected chi connectivity index (χ3v) is 3.94. The van der Waals surface area contributed by atoms with Crippen LogP contribution in [0.3, 0.4) is 0 Å². The molecular formula is C12H17FN2O5. The van der Waals surface area contributed by atoms with Gasteiger partial charge in [0, 0.05) is 11.8 Å². The molecule has 2 rings (SSSR count). The first-order chi connectivity index (χ1) is 9.12. The lowest BCUT2D eigenvalue weighted by molar-refractivity contribution is -0.0892. The summed E-state index contributed by atoms with van der Waals surface area (Å²) in [6, 6.07) is 0. The summed E-state index contributed by atoms with van der Waals surface area (Å²) in [5.74, 6) is 0. The maximum Gasteiger partial charge on any atom is 0.330 e. The second-order valence-electron chi connectivity index (χ2n) is 5.36. The van der Waals surface area contributed by atoms with Gasteiger partial charge in [0.15, 0.2) is 11.9 Å². The summed E-state index contributed by atoms with van der Waals surface area (Å²) < 4.78 is 21.0. The fourth-order valence-corrected chi connectivity index (χ4v) is 2.29. The highest BCUT2D eigenvalue weighted by Gasteiger charge is 2.63. The monoisotopic (exact) mass is 288 g/mol. The van der Waals surface area contributed by atoms with Crippen LogP contribution in [0, 0.1) is 6.92 Å². The molecule has 0 radical (unpaired) electrons. The summed E-state index contributed by atoms with van der Waals surface area (Å²) in [4.78, 5) is 25.2. The Balaban J connectivity index is 2.57. The average molecular weight is 288 g/mol. The Bertz CT molecular complexity index is 633. The van der Waals surface area contributed by atoms with Crippen LogP contribution in [0.2, 0.25) is 0 Å². The fraction of sp³-hybridized carbons (Fsp3) is 0.667. The van der Waals surface area contributed by atoms with Crippen molar-refractivity contribution in [1.82, 2.24) is 9.55 Å². The van der Waals surface area contributed by atoms with Crippen LogP contribution in [0.25, 0.3) is 0 Å². The molecule has 3 N–H and O–H groups in total. The van der Waals surface area contributed by atoms with Gasteiger partial charge in [-0.15, -0.1) is 0 Å². The maximum absolute atomic E-state index is 14.9. The highest BCUT2D eigenvalue weighted by atomic mass is 19.1. The SMILES string of the molecule is Cc1cn([C@@H]2O[C@H](CO)[C@@](C)(O)[C@@]2(C)F)c(=O)[nH]c1=O. The number of nitrogens with one attached hydrogen (secondary N) is 1. The van der Waals surface area contributed by atoms with Crippen molar-refractivity contribution in [3.63, 3.8) is 0 Å². The minimum Gasteiger partial charge on any atom is -0.394 e. The van der Waals surface area contributed by atoms with E-state index in [0.717, 1.165) is 11.5 Å². The Hall–Kier alpha value is -1.51. The lowest BCUT2D eigenvalue weighted by Gasteiger charge is -2.32. The first kappa shape index (κ1) is 14.9. The zero-order valence-electron chi connectivity index (χ0n) is 11.4. The number of aryl methyl sites for hydroxylation is 1. The number of aliphatic hydroxyl groups is 2. The average Bonchev–Trinajstić information content (AvgIpc) is 2.52. The third kappa shape index (κ3) is 1.91. The Morgan fingerprint density at radius 1 is 1.50 bits per heavy atom. The first-order valence-corrected chi connectivity index (χ1v) is 6.12. The van der Waals surface area contributed by atoms with E-state index >= 15 is 0 Å². The van der Waals surface area contributed by atoms with Crippen molar-refractivity contribution >= 4 is 0 Å². The lowest BCUT2D eigenvalue weighted by Crippen LogP contribution is -2.52. The van der Waals surface area contributed by atoms with Crippen molar-refractivity contribution < 1.29 is 19.3 Å². The Morgan fingerprint density at radius 2 is 2.10 bits per heavy atom. The number of H-pyrrole nitrogens is 1. The highest BCUT2D eigenvalue weighted by Crippen LogP contribution is 2.47. The molecule has 0 saturated carbocycles. The van der Waals surface area contributed by atoms with E-state index in [1.165, 1.54) is 20.0 Å². The van der Waals surface area contributed by atoms with E-state index in [9.17, 15) is 19.1 Å². The number of rotatable bonds is 2.